The largest absolute Gasteiger partial charge is 0.467 e. The third-order valence-electron chi connectivity index (χ3n) is 6.52. The standard InChI is InChI=1S/C27H34N4O4/c1-35-27(34)23(20-10-6-3-7-11-20)31-26(33)22(16-18-12-14-21(15-13-18)24(28)29)25(32)30-17-19-8-4-2-5-9-19/h2,4-5,8-9,12-15,20,22-23H,3,6-7,10-11,16-17H2,1H3,(H3,28,29)(H,30,32)(H,31,33)/t22?,23-/m0/s1. The van der Waals surface area contributed by atoms with E-state index in [0.29, 0.717) is 5.56 Å². The number of amidine groups is 1. The number of hydrogen-bond donors (Lipinski definition) is 4. The maximum atomic E-state index is 13.4. The molecule has 0 heterocycles. The molecule has 0 aromatic heterocycles. The molecule has 0 saturated heterocycles. The third kappa shape index (κ3) is 7.40. The summed E-state index contributed by atoms with van der Waals surface area (Å²) < 4.78 is 4.98. The van der Waals surface area contributed by atoms with Crippen molar-refractivity contribution in [1.82, 2.24) is 10.6 Å². The van der Waals surface area contributed by atoms with E-state index < -0.39 is 29.7 Å². The summed E-state index contributed by atoms with van der Waals surface area (Å²) >= 11 is 0. The zero-order valence-electron chi connectivity index (χ0n) is 20.1. The van der Waals surface area contributed by atoms with Crippen LogP contribution >= 0.6 is 0 Å². The van der Waals surface area contributed by atoms with E-state index in [4.69, 9.17) is 15.9 Å². The molecule has 8 heteroatoms. The van der Waals surface area contributed by atoms with Gasteiger partial charge in [-0.05, 0) is 36.3 Å². The van der Waals surface area contributed by atoms with Crippen molar-refractivity contribution in [2.75, 3.05) is 7.11 Å². The van der Waals surface area contributed by atoms with Gasteiger partial charge in [0.2, 0.25) is 11.8 Å². The Labute approximate surface area is 206 Å². The minimum absolute atomic E-state index is 0.0111. The minimum atomic E-state index is -1.04. The van der Waals surface area contributed by atoms with Gasteiger partial charge in [-0.1, -0.05) is 73.9 Å². The van der Waals surface area contributed by atoms with Crippen LogP contribution in [-0.2, 0) is 32.1 Å². The number of benzene rings is 2. The Morgan fingerprint density at radius 3 is 2.23 bits per heavy atom. The highest BCUT2D eigenvalue weighted by Crippen LogP contribution is 2.27. The molecular weight excluding hydrogens is 444 g/mol. The molecule has 1 aliphatic rings. The molecule has 1 fully saturated rings. The number of ether oxygens (including phenoxy) is 1. The Bertz CT molecular complexity index is 1020. The van der Waals surface area contributed by atoms with Crippen molar-refractivity contribution in [3.8, 4) is 0 Å². The summed E-state index contributed by atoms with van der Waals surface area (Å²) in [6, 6.07) is 15.5. The monoisotopic (exact) mass is 478 g/mol. The first-order valence-electron chi connectivity index (χ1n) is 12.0. The fourth-order valence-corrected chi connectivity index (χ4v) is 4.49. The van der Waals surface area contributed by atoms with Gasteiger partial charge in [0.05, 0.1) is 7.11 Å². The SMILES string of the molecule is COC(=O)[C@@H](NC(=O)C(Cc1ccc(C(=N)N)cc1)C(=O)NCc1ccccc1)C1CCCCC1. The van der Waals surface area contributed by atoms with Crippen molar-refractivity contribution in [2.45, 2.75) is 51.1 Å². The minimum Gasteiger partial charge on any atom is -0.467 e. The van der Waals surface area contributed by atoms with E-state index >= 15 is 0 Å². The molecule has 2 aromatic rings. The van der Waals surface area contributed by atoms with Crippen LogP contribution in [0.25, 0.3) is 0 Å². The van der Waals surface area contributed by atoms with Gasteiger partial charge in [0, 0.05) is 12.1 Å². The molecule has 1 aliphatic carbocycles. The van der Waals surface area contributed by atoms with Crippen LogP contribution in [0.15, 0.2) is 54.6 Å². The Morgan fingerprint density at radius 2 is 1.63 bits per heavy atom. The molecule has 2 amide bonds. The molecule has 1 saturated carbocycles. The van der Waals surface area contributed by atoms with Gasteiger partial charge in [0.25, 0.3) is 0 Å². The van der Waals surface area contributed by atoms with Crippen LogP contribution in [0.5, 0.6) is 0 Å². The van der Waals surface area contributed by atoms with E-state index in [0.717, 1.165) is 43.2 Å². The van der Waals surface area contributed by atoms with Crippen LogP contribution in [-0.4, -0.2) is 36.8 Å². The van der Waals surface area contributed by atoms with E-state index in [1.165, 1.54) is 7.11 Å². The highest BCUT2D eigenvalue weighted by Gasteiger charge is 2.35. The fraction of sp³-hybridized carbons (Fsp3) is 0.407. The topological polar surface area (TPSA) is 134 Å². The normalized spacial score (nSPS) is 15.5. The quantitative estimate of drug-likeness (QED) is 0.180. The fourth-order valence-electron chi connectivity index (χ4n) is 4.49. The molecule has 3 rings (SSSR count). The Hall–Kier alpha value is -3.68. The lowest BCUT2D eigenvalue weighted by molar-refractivity contribution is -0.148. The smallest absolute Gasteiger partial charge is 0.328 e. The van der Waals surface area contributed by atoms with Crippen LogP contribution in [0.4, 0.5) is 0 Å². The second-order valence-corrected chi connectivity index (χ2v) is 8.98. The first kappa shape index (κ1) is 25.9. The number of carbonyl (C=O) groups is 3. The maximum Gasteiger partial charge on any atom is 0.328 e. The molecule has 0 radical (unpaired) electrons. The van der Waals surface area contributed by atoms with Gasteiger partial charge in [-0.25, -0.2) is 4.79 Å². The van der Waals surface area contributed by atoms with E-state index in [2.05, 4.69) is 10.6 Å². The average molecular weight is 479 g/mol. The van der Waals surface area contributed by atoms with Gasteiger partial charge in [0.15, 0.2) is 0 Å². The number of hydrogen-bond acceptors (Lipinski definition) is 5. The van der Waals surface area contributed by atoms with Crippen molar-refractivity contribution < 1.29 is 19.1 Å². The molecule has 0 bridgehead atoms. The van der Waals surface area contributed by atoms with Gasteiger partial charge in [-0.3, -0.25) is 15.0 Å². The second kappa shape index (κ2) is 12.7. The summed E-state index contributed by atoms with van der Waals surface area (Å²) in [4.78, 5) is 39.1. The van der Waals surface area contributed by atoms with Gasteiger partial charge in [-0.2, -0.15) is 0 Å². The van der Waals surface area contributed by atoms with Crippen molar-refractivity contribution in [3.63, 3.8) is 0 Å². The van der Waals surface area contributed by atoms with Crippen LogP contribution < -0.4 is 16.4 Å². The van der Waals surface area contributed by atoms with Gasteiger partial charge < -0.3 is 21.1 Å². The summed E-state index contributed by atoms with van der Waals surface area (Å²) in [5, 5.41) is 13.3. The number of methoxy groups -OCH3 is 1. The second-order valence-electron chi connectivity index (χ2n) is 8.98. The van der Waals surface area contributed by atoms with Gasteiger partial charge in [-0.15, -0.1) is 0 Å². The molecule has 0 aliphatic heterocycles. The molecule has 2 atom stereocenters. The van der Waals surface area contributed by atoms with Crippen LogP contribution in [0.2, 0.25) is 0 Å². The number of nitrogens with two attached hydrogens (primary N) is 1. The first-order valence-corrected chi connectivity index (χ1v) is 12.0. The highest BCUT2D eigenvalue weighted by atomic mass is 16.5. The number of nitrogens with one attached hydrogen (secondary N) is 3. The molecule has 8 nitrogen and oxygen atoms in total. The lowest BCUT2D eigenvalue weighted by Gasteiger charge is -2.30. The zero-order chi connectivity index (χ0) is 25.2. The predicted octanol–water partition coefficient (Wildman–Crippen LogP) is 2.68. The van der Waals surface area contributed by atoms with E-state index in [-0.39, 0.29) is 24.7 Å². The molecule has 2 aromatic carbocycles. The maximum absolute atomic E-state index is 13.4. The van der Waals surface area contributed by atoms with Gasteiger partial charge >= 0.3 is 5.97 Å². The van der Waals surface area contributed by atoms with E-state index in [1.54, 1.807) is 24.3 Å². The van der Waals surface area contributed by atoms with E-state index in [9.17, 15) is 14.4 Å². The number of carbonyl (C=O) groups excluding carboxylic acids is 3. The average Bonchev–Trinajstić information content (AvgIpc) is 2.89. The zero-order valence-corrected chi connectivity index (χ0v) is 20.1. The summed E-state index contributed by atoms with van der Waals surface area (Å²) in [7, 11) is 1.31. The van der Waals surface area contributed by atoms with Crippen molar-refractivity contribution in [2.24, 2.45) is 17.6 Å². The molecule has 1 unspecified atom stereocenters. The van der Waals surface area contributed by atoms with Crippen LogP contribution in [0.3, 0.4) is 0 Å². The van der Waals surface area contributed by atoms with Crippen molar-refractivity contribution in [3.05, 3.63) is 71.3 Å². The molecule has 35 heavy (non-hydrogen) atoms. The predicted molar refractivity (Wildman–Crippen MR) is 133 cm³/mol. The summed E-state index contributed by atoms with van der Waals surface area (Å²) in [6.45, 7) is 0.287. The van der Waals surface area contributed by atoms with Crippen molar-refractivity contribution in [1.29, 1.82) is 5.41 Å². The molecule has 0 spiro atoms. The first-order chi connectivity index (χ1) is 16.9. The van der Waals surface area contributed by atoms with Crippen LogP contribution in [0, 0.1) is 17.2 Å². The lowest BCUT2D eigenvalue weighted by atomic mass is 9.83. The van der Waals surface area contributed by atoms with Gasteiger partial charge in [0.1, 0.15) is 17.8 Å². The van der Waals surface area contributed by atoms with Crippen molar-refractivity contribution >= 4 is 23.6 Å². The Kier molecular flexibility index (Phi) is 9.40. The molecule has 5 N–H and O–H groups in total. The Morgan fingerprint density at radius 1 is 0.971 bits per heavy atom. The summed E-state index contributed by atoms with van der Waals surface area (Å²) in [6.07, 6.45) is 4.91. The number of rotatable bonds is 10. The van der Waals surface area contributed by atoms with Crippen LogP contribution in [0.1, 0.15) is 48.8 Å². The number of amides is 2. The lowest BCUT2D eigenvalue weighted by Crippen LogP contribution is -2.51. The highest BCUT2D eigenvalue weighted by molar-refractivity contribution is 6.02. The Balaban J connectivity index is 1.78. The summed E-state index contributed by atoms with van der Waals surface area (Å²) in [5.41, 5.74) is 7.76. The summed E-state index contributed by atoms with van der Waals surface area (Å²) in [5.74, 6) is -2.53. The number of nitrogen functional groups attached to an aromatic ring is 1. The molecule has 186 valence electrons. The number of esters is 1. The van der Waals surface area contributed by atoms with E-state index in [1.807, 2.05) is 30.3 Å². The molecular formula is C27H34N4O4. The third-order valence-corrected chi connectivity index (χ3v) is 6.52.